The lowest BCUT2D eigenvalue weighted by atomic mass is 10.1. The molecule has 1 N–H and O–H groups in total. The van der Waals surface area contributed by atoms with E-state index in [0.29, 0.717) is 5.75 Å². The number of aryl methyl sites for hydroxylation is 2. The molecule has 0 fully saturated rings. The van der Waals surface area contributed by atoms with Crippen LogP contribution in [0, 0.1) is 6.92 Å². The number of aromatic nitrogens is 2. The molecule has 0 amide bonds. The highest BCUT2D eigenvalue weighted by Gasteiger charge is 2.12. The predicted octanol–water partition coefficient (Wildman–Crippen LogP) is 2.50. The van der Waals surface area contributed by atoms with Crippen molar-refractivity contribution in [1.29, 1.82) is 0 Å². The van der Waals surface area contributed by atoms with Gasteiger partial charge in [-0.05, 0) is 28.9 Å². The van der Waals surface area contributed by atoms with Gasteiger partial charge in [0.1, 0.15) is 0 Å². The smallest absolute Gasteiger partial charge is 0.184 e. The molecule has 5 heteroatoms. The minimum atomic E-state index is 0.413. The maximum absolute atomic E-state index is 8.70. The third-order valence-corrected chi connectivity index (χ3v) is 2.73. The van der Waals surface area contributed by atoms with E-state index >= 15 is 0 Å². The standard InChI is InChI=1S/C9H9BrN2O2/c1-5-8-6(4-12(2)11-8)3-7(10)9(5)14-13/h3-4,13H,1-2H3. The summed E-state index contributed by atoms with van der Waals surface area (Å²) in [5.74, 6) is 0.413. The largest absolute Gasteiger partial charge is 0.339 e. The van der Waals surface area contributed by atoms with E-state index in [4.69, 9.17) is 5.26 Å². The molecule has 74 valence electrons. The zero-order valence-corrected chi connectivity index (χ0v) is 9.37. The van der Waals surface area contributed by atoms with Crippen molar-refractivity contribution in [2.24, 2.45) is 7.05 Å². The molecule has 0 saturated heterocycles. The molecule has 1 aromatic heterocycles. The second-order valence-electron chi connectivity index (χ2n) is 3.14. The van der Waals surface area contributed by atoms with E-state index in [1.807, 2.05) is 26.2 Å². The number of rotatable bonds is 1. The Labute approximate surface area is 89.2 Å². The van der Waals surface area contributed by atoms with Crippen LogP contribution < -0.4 is 4.89 Å². The molecule has 0 unspecified atom stereocenters. The van der Waals surface area contributed by atoms with Crippen molar-refractivity contribution in [2.75, 3.05) is 0 Å². The highest BCUT2D eigenvalue weighted by atomic mass is 79.9. The van der Waals surface area contributed by atoms with Crippen molar-refractivity contribution >= 4 is 26.8 Å². The van der Waals surface area contributed by atoms with Gasteiger partial charge in [0.2, 0.25) is 0 Å². The summed E-state index contributed by atoms with van der Waals surface area (Å²) in [6.07, 6.45) is 1.91. The van der Waals surface area contributed by atoms with Crippen LogP contribution in [0.5, 0.6) is 5.75 Å². The molecule has 4 nitrogen and oxygen atoms in total. The second kappa shape index (κ2) is 3.25. The van der Waals surface area contributed by atoms with Gasteiger partial charge < -0.3 is 4.89 Å². The zero-order valence-electron chi connectivity index (χ0n) is 7.78. The lowest BCUT2D eigenvalue weighted by Crippen LogP contribution is -1.91. The summed E-state index contributed by atoms with van der Waals surface area (Å²) in [7, 11) is 1.85. The third kappa shape index (κ3) is 1.29. The molecule has 0 aliphatic carbocycles. The van der Waals surface area contributed by atoms with Crippen LogP contribution in [-0.4, -0.2) is 15.0 Å². The summed E-state index contributed by atoms with van der Waals surface area (Å²) in [6, 6.07) is 1.86. The Morgan fingerprint density at radius 1 is 1.57 bits per heavy atom. The average Bonchev–Trinajstić information content (AvgIpc) is 2.47. The van der Waals surface area contributed by atoms with Crippen LogP contribution in [0.25, 0.3) is 10.9 Å². The van der Waals surface area contributed by atoms with Crippen molar-refractivity contribution in [3.63, 3.8) is 0 Å². The van der Waals surface area contributed by atoms with Crippen molar-refractivity contribution < 1.29 is 10.1 Å². The van der Waals surface area contributed by atoms with Gasteiger partial charge in [0, 0.05) is 24.2 Å². The number of hydrogen-bond acceptors (Lipinski definition) is 3. The first-order chi connectivity index (χ1) is 6.63. The molecule has 1 heterocycles. The number of benzene rings is 1. The lowest BCUT2D eigenvalue weighted by Gasteiger charge is -2.04. The van der Waals surface area contributed by atoms with Crippen molar-refractivity contribution in [3.05, 3.63) is 22.3 Å². The Hall–Kier alpha value is -1.07. The molecule has 2 aromatic rings. The monoisotopic (exact) mass is 256 g/mol. The molecule has 0 radical (unpaired) electrons. The van der Waals surface area contributed by atoms with Gasteiger partial charge in [0.15, 0.2) is 5.75 Å². The Morgan fingerprint density at radius 3 is 2.93 bits per heavy atom. The SMILES string of the molecule is Cc1c(OO)c(Br)cc2cn(C)nc12. The number of nitrogens with zero attached hydrogens (tertiary/aromatic N) is 2. The topological polar surface area (TPSA) is 47.3 Å². The molecular formula is C9H9BrN2O2. The maximum atomic E-state index is 8.70. The molecule has 0 atom stereocenters. The number of fused-ring (bicyclic) bond motifs is 1. The number of hydrogen-bond donors (Lipinski definition) is 1. The highest BCUT2D eigenvalue weighted by Crippen LogP contribution is 2.33. The minimum absolute atomic E-state index is 0.413. The summed E-state index contributed by atoms with van der Waals surface area (Å²) in [5, 5.41) is 14.0. The van der Waals surface area contributed by atoms with Gasteiger partial charge in [-0.2, -0.15) is 5.10 Å². The van der Waals surface area contributed by atoms with Gasteiger partial charge in [-0.25, -0.2) is 5.26 Å². The third-order valence-electron chi connectivity index (χ3n) is 2.14. The quantitative estimate of drug-likeness (QED) is 0.630. The van der Waals surface area contributed by atoms with Gasteiger partial charge in [-0.3, -0.25) is 4.68 Å². The second-order valence-corrected chi connectivity index (χ2v) is 4.00. The van der Waals surface area contributed by atoms with E-state index in [0.717, 1.165) is 20.9 Å². The Balaban J connectivity index is 2.84. The van der Waals surface area contributed by atoms with Crippen LogP contribution in [0.15, 0.2) is 16.7 Å². The predicted molar refractivity (Wildman–Crippen MR) is 56.4 cm³/mol. The molecule has 2 rings (SSSR count). The molecule has 1 aromatic carbocycles. The van der Waals surface area contributed by atoms with Crippen LogP contribution in [0.1, 0.15) is 5.56 Å². The van der Waals surface area contributed by atoms with E-state index in [-0.39, 0.29) is 0 Å². The van der Waals surface area contributed by atoms with E-state index in [1.54, 1.807) is 4.68 Å². The molecule has 14 heavy (non-hydrogen) atoms. The molecular weight excluding hydrogens is 248 g/mol. The van der Waals surface area contributed by atoms with Gasteiger partial charge >= 0.3 is 0 Å². The summed E-state index contributed by atoms with van der Waals surface area (Å²) < 4.78 is 2.45. The van der Waals surface area contributed by atoms with E-state index in [1.165, 1.54) is 0 Å². The van der Waals surface area contributed by atoms with Gasteiger partial charge in [0.05, 0.1) is 9.99 Å². The maximum Gasteiger partial charge on any atom is 0.184 e. The average molecular weight is 257 g/mol. The van der Waals surface area contributed by atoms with E-state index in [2.05, 4.69) is 25.9 Å². The Bertz CT molecular complexity index is 493. The summed E-state index contributed by atoms with van der Waals surface area (Å²) in [4.78, 5) is 4.30. The molecule has 0 spiro atoms. The van der Waals surface area contributed by atoms with Gasteiger partial charge in [-0.1, -0.05) is 0 Å². The zero-order chi connectivity index (χ0) is 10.3. The first-order valence-electron chi connectivity index (χ1n) is 4.07. The summed E-state index contributed by atoms with van der Waals surface area (Å²) in [6.45, 7) is 1.85. The van der Waals surface area contributed by atoms with Crippen LogP contribution in [-0.2, 0) is 7.05 Å². The fourth-order valence-electron chi connectivity index (χ4n) is 1.50. The van der Waals surface area contributed by atoms with Gasteiger partial charge in [-0.15, -0.1) is 0 Å². The Morgan fingerprint density at radius 2 is 2.29 bits per heavy atom. The Kier molecular flexibility index (Phi) is 2.20. The first kappa shape index (κ1) is 9.48. The van der Waals surface area contributed by atoms with Gasteiger partial charge in [0.25, 0.3) is 0 Å². The fourth-order valence-corrected chi connectivity index (χ4v) is 2.12. The molecule has 0 bridgehead atoms. The van der Waals surface area contributed by atoms with Crippen LogP contribution >= 0.6 is 15.9 Å². The van der Waals surface area contributed by atoms with Crippen molar-refractivity contribution in [3.8, 4) is 5.75 Å². The van der Waals surface area contributed by atoms with Crippen LogP contribution in [0.2, 0.25) is 0 Å². The van der Waals surface area contributed by atoms with Crippen molar-refractivity contribution in [1.82, 2.24) is 9.78 Å². The normalized spacial score (nSPS) is 10.9. The molecule has 0 saturated carbocycles. The fraction of sp³-hybridized carbons (Fsp3) is 0.222. The van der Waals surface area contributed by atoms with E-state index in [9.17, 15) is 0 Å². The minimum Gasteiger partial charge on any atom is -0.339 e. The molecule has 0 aliphatic rings. The van der Waals surface area contributed by atoms with Crippen molar-refractivity contribution in [2.45, 2.75) is 6.92 Å². The first-order valence-corrected chi connectivity index (χ1v) is 4.86. The molecule has 0 aliphatic heterocycles. The number of halogens is 1. The summed E-state index contributed by atoms with van der Waals surface area (Å²) >= 11 is 3.32. The highest BCUT2D eigenvalue weighted by molar-refractivity contribution is 9.10. The van der Waals surface area contributed by atoms with Crippen LogP contribution in [0.4, 0.5) is 0 Å². The van der Waals surface area contributed by atoms with E-state index < -0.39 is 0 Å². The lowest BCUT2D eigenvalue weighted by molar-refractivity contribution is -0.138. The van der Waals surface area contributed by atoms with Crippen LogP contribution in [0.3, 0.4) is 0 Å². The summed E-state index contributed by atoms with van der Waals surface area (Å²) in [5.41, 5.74) is 1.65.